The first-order chi connectivity index (χ1) is 15.5. The smallest absolute Gasteiger partial charge is 0.242 e. The van der Waals surface area contributed by atoms with Gasteiger partial charge >= 0.3 is 0 Å². The van der Waals surface area contributed by atoms with Crippen molar-refractivity contribution in [1.82, 2.24) is 24.6 Å². The van der Waals surface area contributed by atoms with E-state index >= 15 is 0 Å². The lowest BCUT2D eigenvalue weighted by Crippen LogP contribution is -2.27. The minimum absolute atomic E-state index is 0.0716. The second-order valence-electron chi connectivity index (χ2n) is 7.55. The van der Waals surface area contributed by atoms with E-state index in [-0.39, 0.29) is 12.5 Å². The number of aryl methyl sites for hydroxylation is 2. The van der Waals surface area contributed by atoms with Crippen molar-refractivity contribution in [1.29, 1.82) is 0 Å². The number of amides is 1. The van der Waals surface area contributed by atoms with Crippen LogP contribution in [0.5, 0.6) is 11.5 Å². The Morgan fingerprint density at radius 3 is 2.62 bits per heavy atom. The Balaban J connectivity index is 1.55. The molecule has 8 heteroatoms. The Bertz CT molecular complexity index is 1240. The third-order valence-electron chi connectivity index (χ3n) is 5.17. The highest BCUT2D eigenvalue weighted by molar-refractivity contribution is 5.88. The Morgan fingerprint density at radius 2 is 1.91 bits per heavy atom. The van der Waals surface area contributed by atoms with Gasteiger partial charge in [-0.15, -0.1) is 0 Å². The number of hydrogen-bond acceptors (Lipinski definition) is 5. The Kier molecular flexibility index (Phi) is 6.11. The first-order valence-corrected chi connectivity index (χ1v) is 10.5. The zero-order valence-electron chi connectivity index (χ0n) is 18.8. The van der Waals surface area contributed by atoms with Gasteiger partial charge in [-0.25, -0.2) is 9.67 Å². The van der Waals surface area contributed by atoms with Gasteiger partial charge in [0, 0.05) is 24.6 Å². The van der Waals surface area contributed by atoms with E-state index in [2.05, 4.69) is 10.3 Å². The van der Waals surface area contributed by atoms with E-state index in [1.807, 2.05) is 74.1 Å². The summed E-state index contributed by atoms with van der Waals surface area (Å²) in [5.41, 5.74) is 3.58. The maximum atomic E-state index is 12.8. The van der Waals surface area contributed by atoms with Crippen LogP contribution in [0.15, 0.2) is 48.8 Å². The number of methoxy groups -OCH3 is 1. The summed E-state index contributed by atoms with van der Waals surface area (Å²) in [6.07, 6.45) is 3.87. The molecule has 166 valence electrons. The maximum Gasteiger partial charge on any atom is 0.242 e. The molecule has 4 rings (SSSR count). The van der Waals surface area contributed by atoms with Crippen LogP contribution in [0.3, 0.4) is 0 Å². The molecule has 0 fully saturated rings. The van der Waals surface area contributed by atoms with Crippen LogP contribution in [0, 0.1) is 13.8 Å². The largest absolute Gasteiger partial charge is 0.493 e. The monoisotopic (exact) mass is 433 g/mol. The highest BCUT2D eigenvalue weighted by Gasteiger charge is 2.18. The number of ether oxygens (including phenoxy) is 2. The number of aromatic nitrogens is 4. The highest BCUT2D eigenvalue weighted by atomic mass is 16.5. The first kappa shape index (κ1) is 21.4. The molecule has 0 aliphatic carbocycles. The second-order valence-corrected chi connectivity index (χ2v) is 7.55. The number of carbonyl (C=O) groups excluding carboxylic acids is 1. The SMILES string of the molecule is CCOc1cc(CNC(=O)Cn2nc(-n3cccc3)c3c(C)cc(C)nc32)ccc1OC. The quantitative estimate of drug-likeness (QED) is 0.459. The van der Waals surface area contributed by atoms with Crippen molar-refractivity contribution in [3.05, 3.63) is 65.6 Å². The third-order valence-corrected chi connectivity index (χ3v) is 5.17. The lowest BCUT2D eigenvalue weighted by atomic mass is 10.2. The van der Waals surface area contributed by atoms with Gasteiger partial charge in [0.1, 0.15) is 6.54 Å². The molecule has 0 atom stereocenters. The fraction of sp³-hybridized carbons (Fsp3) is 0.292. The fourth-order valence-corrected chi connectivity index (χ4v) is 3.75. The van der Waals surface area contributed by atoms with Crippen molar-refractivity contribution in [2.24, 2.45) is 0 Å². The normalized spacial score (nSPS) is 11.0. The molecular weight excluding hydrogens is 406 g/mol. The van der Waals surface area contributed by atoms with Gasteiger partial charge in [-0.05, 0) is 62.2 Å². The number of pyridine rings is 1. The first-order valence-electron chi connectivity index (χ1n) is 10.5. The minimum Gasteiger partial charge on any atom is -0.493 e. The van der Waals surface area contributed by atoms with Gasteiger partial charge < -0.3 is 19.4 Å². The number of nitrogens with zero attached hydrogens (tertiary/aromatic N) is 4. The van der Waals surface area contributed by atoms with Gasteiger partial charge in [0.05, 0.1) is 19.1 Å². The molecule has 0 spiro atoms. The number of nitrogens with one attached hydrogen (secondary N) is 1. The molecule has 0 aliphatic heterocycles. The van der Waals surface area contributed by atoms with Crippen molar-refractivity contribution in [2.45, 2.75) is 33.9 Å². The van der Waals surface area contributed by atoms with Gasteiger partial charge in [-0.1, -0.05) is 6.07 Å². The summed E-state index contributed by atoms with van der Waals surface area (Å²) in [4.78, 5) is 17.4. The van der Waals surface area contributed by atoms with Crippen LogP contribution in [0.25, 0.3) is 16.9 Å². The number of carbonyl (C=O) groups is 1. The van der Waals surface area contributed by atoms with Gasteiger partial charge in [0.15, 0.2) is 23.0 Å². The van der Waals surface area contributed by atoms with Gasteiger partial charge in [-0.3, -0.25) is 4.79 Å². The van der Waals surface area contributed by atoms with Crippen LogP contribution in [0.2, 0.25) is 0 Å². The van der Waals surface area contributed by atoms with E-state index in [1.54, 1.807) is 11.8 Å². The van der Waals surface area contributed by atoms with Crippen LogP contribution in [0.4, 0.5) is 0 Å². The molecule has 3 heterocycles. The predicted molar refractivity (Wildman–Crippen MR) is 122 cm³/mol. The predicted octanol–water partition coefficient (Wildman–Crippen LogP) is 3.56. The minimum atomic E-state index is -0.150. The van der Waals surface area contributed by atoms with Crippen molar-refractivity contribution >= 4 is 16.9 Å². The molecule has 8 nitrogen and oxygen atoms in total. The summed E-state index contributed by atoms with van der Waals surface area (Å²) >= 11 is 0. The molecular formula is C24H27N5O3. The Hall–Kier alpha value is -3.81. The molecule has 0 bridgehead atoms. The molecule has 4 aromatic rings. The molecule has 1 N–H and O–H groups in total. The molecule has 0 unspecified atom stereocenters. The van der Waals surface area contributed by atoms with E-state index in [1.165, 1.54) is 0 Å². The van der Waals surface area contributed by atoms with Gasteiger partial charge in [0.2, 0.25) is 5.91 Å². The zero-order valence-corrected chi connectivity index (χ0v) is 18.8. The van der Waals surface area contributed by atoms with Crippen LogP contribution < -0.4 is 14.8 Å². The molecule has 0 radical (unpaired) electrons. The van der Waals surface area contributed by atoms with Crippen molar-refractivity contribution in [2.75, 3.05) is 13.7 Å². The Labute approximate surface area is 186 Å². The van der Waals surface area contributed by atoms with Crippen molar-refractivity contribution in [3.63, 3.8) is 0 Å². The van der Waals surface area contributed by atoms with E-state index in [4.69, 9.17) is 14.6 Å². The van der Waals surface area contributed by atoms with E-state index < -0.39 is 0 Å². The average Bonchev–Trinajstić information content (AvgIpc) is 3.41. The average molecular weight is 434 g/mol. The number of hydrogen-bond donors (Lipinski definition) is 1. The highest BCUT2D eigenvalue weighted by Crippen LogP contribution is 2.28. The van der Waals surface area contributed by atoms with E-state index in [9.17, 15) is 4.79 Å². The van der Waals surface area contributed by atoms with Crippen LogP contribution in [0.1, 0.15) is 23.7 Å². The third kappa shape index (κ3) is 4.30. The zero-order chi connectivity index (χ0) is 22.7. The molecule has 0 aliphatic rings. The summed E-state index contributed by atoms with van der Waals surface area (Å²) in [5, 5.41) is 8.61. The standard InChI is InChI=1S/C24H27N5O3/c1-5-32-20-13-18(8-9-19(20)31-4)14-25-21(30)15-29-23-22(16(2)12-17(3)26-23)24(27-29)28-10-6-7-11-28/h6-13H,5,14-15H2,1-4H3,(H,25,30). The van der Waals surface area contributed by atoms with Crippen molar-refractivity contribution in [3.8, 4) is 17.3 Å². The summed E-state index contributed by atoms with van der Waals surface area (Å²) in [5.74, 6) is 1.94. The maximum absolute atomic E-state index is 12.8. The topological polar surface area (TPSA) is 83.2 Å². The van der Waals surface area contributed by atoms with Crippen molar-refractivity contribution < 1.29 is 14.3 Å². The summed E-state index contributed by atoms with van der Waals surface area (Å²) in [7, 11) is 1.60. The lowest BCUT2D eigenvalue weighted by molar-refractivity contribution is -0.121. The summed E-state index contributed by atoms with van der Waals surface area (Å²) < 4.78 is 14.5. The van der Waals surface area contributed by atoms with Crippen LogP contribution >= 0.6 is 0 Å². The fourth-order valence-electron chi connectivity index (χ4n) is 3.75. The summed E-state index contributed by atoms with van der Waals surface area (Å²) in [6.45, 7) is 6.88. The molecule has 32 heavy (non-hydrogen) atoms. The summed E-state index contributed by atoms with van der Waals surface area (Å²) in [6, 6.07) is 11.5. The van der Waals surface area contributed by atoms with Crippen LogP contribution in [-0.4, -0.2) is 39.0 Å². The van der Waals surface area contributed by atoms with E-state index in [0.717, 1.165) is 28.0 Å². The van der Waals surface area contributed by atoms with E-state index in [0.29, 0.717) is 30.3 Å². The molecule has 0 saturated heterocycles. The molecule has 3 aromatic heterocycles. The second kappa shape index (κ2) is 9.13. The van der Waals surface area contributed by atoms with Gasteiger partial charge in [0.25, 0.3) is 0 Å². The number of rotatable bonds is 8. The molecule has 1 amide bonds. The number of benzene rings is 1. The molecule has 1 aromatic carbocycles. The number of fused-ring (bicyclic) bond motifs is 1. The lowest BCUT2D eigenvalue weighted by Gasteiger charge is -2.12. The van der Waals surface area contributed by atoms with Gasteiger partial charge in [-0.2, -0.15) is 5.10 Å². The van der Waals surface area contributed by atoms with Crippen LogP contribution in [-0.2, 0) is 17.9 Å². The Morgan fingerprint density at radius 1 is 1.12 bits per heavy atom. The molecule has 0 saturated carbocycles.